The molecule has 0 saturated heterocycles. The van der Waals surface area contributed by atoms with Gasteiger partial charge in [-0.1, -0.05) is 17.7 Å². The molecule has 0 saturated carbocycles. The summed E-state index contributed by atoms with van der Waals surface area (Å²) in [5.74, 6) is 0.121. The Kier molecular flexibility index (Phi) is 6.73. The third kappa shape index (κ3) is 5.09. The normalized spacial score (nSPS) is 11.1. The van der Waals surface area contributed by atoms with Crippen molar-refractivity contribution >= 4 is 49.7 Å². The van der Waals surface area contributed by atoms with E-state index >= 15 is 0 Å². The lowest BCUT2D eigenvalue weighted by atomic mass is 10.1. The molecule has 0 unspecified atom stereocenters. The van der Waals surface area contributed by atoms with Crippen LogP contribution in [0, 0.1) is 13.8 Å². The molecule has 1 aromatic heterocycles. The van der Waals surface area contributed by atoms with Crippen molar-refractivity contribution in [1.82, 2.24) is 4.98 Å². The average molecular weight is 482 g/mol. The van der Waals surface area contributed by atoms with Gasteiger partial charge >= 0.3 is 0 Å². The summed E-state index contributed by atoms with van der Waals surface area (Å²) >= 11 is 7.45. The number of halogens is 1. The van der Waals surface area contributed by atoms with E-state index in [-0.39, 0.29) is 26.9 Å². The molecule has 0 atom stereocenters. The topological polar surface area (TPSA) is 107 Å². The lowest BCUT2D eigenvalue weighted by Gasteiger charge is -2.15. The molecule has 0 bridgehead atoms. The van der Waals surface area contributed by atoms with Crippen molar-refractivity contribution in [3.8, 4) is 11.5 Å². The van der Waals surface area contributed by atoms with Crippen LogP contribution in [0.1, 0.15) is 20.8 Å². The summed E-state index contributed by atoms with van der Waals surface area (Å²) in [5.41, 5.74) is 0.975. The fraction of sp³-hybridized carbons (Fsp3) is 0.200. The van der Waals surface area contributed by atoms with Crippen LogP contribution in [0.3, 0.4) is 0 Å². The Bertz CT molecular complexity index is 1240. The van der Waals surface area contributed by atoms with Crippen LogP contribution in [-0.2, 0) is 10.0 Å². The number of aromatic nitrogens is 1. The molecule has 31 heavy (non-hydrogen) atoms. The van der Waals surface area contributed by atoms with Crippen molar-refractivity contribution in [2.45, 2.75) is 18.7 Å². The number of carbonyl (C=O) groups is 1. The SMILES string of the molecule is COc1cc(OC)c(NS(=O)(=O)c2ccc(C)c(C(=O)Nc3ncc(C)s3)c2)cc1Cl. The van der Waals surface area contributed by atoms with Gasteiger partial charge in [-0.15, -0.1) is 11.3 Å². The monoisotopic (exact) mass is 481 g/mol. The number of benzene rings is 2. The predicted octanol–water partition coefficient (Wildman–Crippen LogP) is 4.48. The van der Waals surface area contributed by atoms with Crippen LogP contribution in [-0.4, -0.2) is 33.5 Å². The predicted molar refractivity (Wildman–Crippen MR) is 121 cm³/mol. The third-order valence-electron chi connectivity index (χ3n) is 4.32. The van der Waals surface area contributed by atoms with E-state index < -0.39 is 15.9 Å². The van der Waals surface area contributed by atoms with Gasteiger partial charge in [0.1, 0.15) is 11.5 Å². The van der Waals surface area contributed by atoms with Gasteiger partial charge in [-0.3, -0.25) is 14.8 Å². The quantitative estimate of drug-likeness (QED) is 0.515. The minimum Gasteiger partial charge on any atom is -0.495 e. The zero-order valence-corrected chi connectivity index (χ0v) is 19.5. The second-order valence-electron chi connectivity index (χ2n) is 6.50. The van der Waals surface area contributed by atoms with Crippen LogP contribution in [0.15, 0.2) is 41.4 Å². The first-order valence-electron chi connectivity index (χ1n) is 8.93. The average Bonchev–Trinajstić information content (AvgIpc) is 3.12. The maximum absolute atomic E-state index is 13.0. The smallest absolute Gasteiger partial charge is 0.262 e. The van der Waals surface area contributed by atoms with Gasteiger partial charge in [-0.25, -0.2) is 13.4 Å². The van der Waals surface area contributed by atoms with Crippen molar-refractivity contribution in [3.05, 3.63) is 57.6 Å². The highest BCUT2D eigenvalue weighted by Crippen LogP contribution is 2.37. The number of anilines is 2. The number of rotatable bonds is 7. The Morgan fingerprint density at radius 1 is 1.10 bits per heavy atom. The molecule has 3 rings (SSSR count). The largest absolute Gasteiger partial charge is 0.495 e. The molecule has 0 fully saturated rings. The van der Waals surface area contributed by atoms with Gasteiger partial charge in [0.25, 0.3) is 15.9 Å². The summed E-state index contributed by atoms with van der Waals surface area (Å²) in [5, 5.41) is 3.34. The Labute approximate surface area is 189 Å². The number of amides is 1. The van der Waals surface area contributed by atoms with Gasteiger partial charge < -0.3 is 9.47 Å². The number of hydrogen-bond donors (Lipinski definition) is 2. The number of thiazole rings is 1. The van der Waals surface area contributed by atoms with Crippen molar-refractivity contribution in [2.75, 3.05) is 24.3 Å². The third-order valence-corrected chi connectivity index (χ3v) is 6.81. The maximum Gasteiger partial charge on any atom is 0.262 e. The van der Waals surface area contributed by atoms with E-state index in [1.165, 1.54) is 49.8 Å². The molecular weight excluding hydrogens is 462 g/mol. The molecule has 2 aromatic carbocycles. The minimum absolute atomic E-state index is 0.0902. The molecular formula is C20H20ClN3O5S2. The van der Waals surface area contributed by atoms with Crippen LogP contribution in [0.25, 0.3) is 0 Å². The van der Waals surface area contributed by atoms with Crippen LogP contribution < -0.4 is 19.5 Å². The molecule has 0 aliphatic carbocycles. The van der Waals surface area contributed by atoms with E-state index in [4.69, 9.17) is 21.1 Å². The molecule has 0 aliphatic rings. The first kappa shape index (κ1) is 22.9. The van der Waals surface area contributed by atoms with E-state index in [0.717, 1.165) is 4.88 Å². The summed E-state index contributed by atoms with van der Waals surface area (Å²) in [4.78, 5) is 17.6. The van der Waals surface area contributed by atoms with E-state index in [2.05, 4.69) is 15.0 Å². The number of carbonyl (C=O) groups excluding carboxylic acids is 1. The number of ether oxygens (including phenoxy) is 2. The molecule has 1 heterocycles. The van der Waals surface area contributed by atoms with Crippen LogP contribution in [0.4, 0.5) is 10.8 Å². The van der Waals surface area contributed by atoms with Gasteiger partial charge in [0, 0.05) is 22.7 Å². The van der Waals surface area contributed by atoms with Crippen LogP contribution >= 0.6 is 22.9 Å². The molecule has 2 N–H and O–H groups in total. The standard InChI is InChI=1S/C20H20ClN3O5S2/c1-11-5-6-13(7-14(11)19(25)23-20-22-10-12(2)30-20)31(26,27)24-16-8-15(21)17(28-3)9-18(16)29-4/h5-10,24H,1-4H3,(H,22,23,25). The fourth-order valence-electron chi connectivity index (χ4n) is 2.73. The number of methoxy groups -OCH3 is 2. The highest BCUT2D eigenvalue weighted by atomic mass is 35.5. The van der Waals surface area contributed by atoms with E-state index in [0.29, 0.717) is 16.4 Å². The Morgan fingerprint density at radius 2 is 1.81 bits per heavy atom. The van der Waals surface area contributed by atoms with Gasteiger partial charge in [-0.05, 0) is 37.6 Å². The molecule has 164 valence electrons. The van der Waals surface area contributed by atoms with Gasteiger partial charge in [-0.2, -0.15) is 0 Å². The summed E-state index contributed by atoms with van der Waals surface area (Å²) in [6.07, 6.45) is 1.64. The van der Waals surface area contributed by atoms with E-state index in [1.54, 1.807) is 19.2 Å². The highest BCUT2D eigenvalue weighted by Gasteiger charge is 2.21. The number of aryl methyl sites for hydroxylation is 2. The van der Waals surface area contributed by atoms with Gasteiger partial charge in [0.2, 0.25) is 0 Å². The first-order valence-corrected chi connectivity index (χ1v) is 11.6. The van der Waals surface area contributed by atoms with Crippen LogP contribution in [0.2, 0.25) is 5.02 Å². The molecule has 11 heteroatoms. The summed E-state index contributed by atoms with van der Waals surface area (Å²) in [7, 11) is -1.21. The second kappa shape index (κ2) is 9.13. The first-order chi connectivity index (χ1) is 14.6. The second-order valence-corrected chi connectivity index (χ2v) is 9.82. The molecule has 0 radical (unpaired) electrons. The number of nitrogens with one attached hydrogen (secondary N) is 2. The zero-order valence-electron chi connectivity index (χ0n) is 17.1. The molecule has 8 nitrogen and oxygen atoms in total. The molecule has 0 aliphatic heterocycles. The maximum atomic E-state index is 13.0. The van der Waals surface area contributed by atoms with Crippen molar-refractivity contribution in [1.29, 1.82) is 0 Å². The summed E-state index contributed by atoms with van der Waals surface area (Å²) in [6, 6.07) is 7.16. The minimum atomic E-state index is -4.05. The fourth-order valence-corrected chi connectivity index (χ4v) is 4.72. The van der Waals surface area contributed by atoms with Gasteiger partial charge in [0.15, 0.2) is 5.13 Å². The molecule has 0 spiro atoms. The Hall–Kier alpha value is -2.82. The van der Waals surface area contributed by atoms with Crippen molar-refractivity contribution in [3.63, 3.8) is 0 Å². The highest BCUT2D eigenvalue weighted by molar-refractivity contribution is 7.92. The zero-order chi connectivity index (χ0) is 22.8. The van der Waals surface area contributed by atoms with Crippen LogP contribution in [0.5, 0.6) is 11.5 Å². The lowest BCUT2D eigenvalue weighted by molar-refractivity contribution is 0.102. The van der Waals surface area contributed by atoms with Gasteiger partial charge in [0.05, 0.1) is 29.8 Å². The van der Waals surface area contributed by atoms with E-state index in [1.807, 2.05) is 6.92 Å². The Balaban J connectivity index is 1.92. The van der Waals surface area contributed by atoms with Crippen molar-refractivity contribution < 1.29 is 22.7 Å². The van der Waals surface area contributed by atoms with Crippen molar-refractivity contribution in [2.24, 2.45) is 0 Å². The van der Waals surface area contributed by atoms with E-state index in [9.17, 15) is 13.2 Å². The number of nitrogens with zero attached hydrogens (tertiary/aromatic N) is 1. The molecule has 3 aromatic rings. The summed E-state index contributed by atoms with van der Waals surface area (Å²) in [6.45, 7) is 3.59. The molecule has 1 amide bonds. The number of sulfonamides is 1. The number of hydrogen-bond acceptors (Lipinski definition) is 7. The Morgan fingerprint density at radius 3 is 2.42 bits per heavy atom. The lowest BCUT2D eigenvalue weighted by Crippen LogP contribution is -2.17. The summed E-state index contributed by atoms with van der Waals surface area (Å²) < 4.78 is 38.8.